The summed E-state index contributed by atoms with van der Waals surface area (Å²) in [6.45, 7) is 10.8. The number of likely N-dealkylation sites (tertiary alicyclic amines) is 1. The first-order chi connectivity index (χ1) is 19.6. The van der Waals surface area contributed by atoms with Gasteiger partial charge >= 0.3 is 11.4 Å². The van der Waals surface area contributed by atoms with Gasteiger partial charge in [-0.15, -0.1) is 0 Å². The lowest BCUT2D eigenvalue weighted by molar-refractivity contribution is 0.0428. The van der Waals surface area contributed by atoms with E-state index in [0.29, 0.717) is 58.7 Å². The lowest BCUT2D eigenvalue weighted by Gasteiger charge is -2.41. The Bertz CT molecular complexity index is 937. The highest BCUT2D eigenvalue weighted by molar-refractivity contribution is 6.62. The van der Waals surface area contributed by atoms with E-state index in [1.54, 1.807) is 4.90 Å². The van der Waals surface area contributed by atoms with Crippen LogP contribution in [0.15, 0.2) is 24.3 Å². The monoisotopic (exact) mass is 577 g/mol. The van der Waals surface area contributed by atoms with E-state index in [1.165, 1.54) is 38.0 Å². The van der Waals surface area contributed by atoms with Gasteiger partial charge in [0.15, 0.2) is 0 Å². The van der Waals surface area contributed by atoms with Crippen LogP contribution in [-0.2, 0) is 9.47 Å². The maximum Gasteiger partial charge on any atom is 0.320 e. The van der Waals surface area contributed by atoms with E-state index in [2.05, 4.69) is 34.1 Å². The van der Waals surface area contributed by atoms with Crippen molar-refractivity contribution in [1.29, 1.82) is 0 Å². The molecular weight excluding hydrogens is 534 g/mol. The van der Waals surface area contributed by atoms with Crippen LogP contribution in [-0.4, -0.2) is 135 Å². The Labute approximate surface area is 243 Å². The minimum Gasteiger partial charge on any atom is -0.490 e. The number of piperazine rings is 1. The first kappa shape index (κ1) is 29.2. The molecule has 4 aliphatic heterocycles. The van der Waals surface area contributed by atoms with Crippen LogP contribution in [0.5, 0.6) is 5.75 Å². The molecule has 10 nitrogen and oxygen atoms in total. The van der Waals surface area contributed by atoms with Crippen LogP contribution >= 0.6 is 11.6 Å². The Morgan fingerprint density at radius 2 is 1.25 bits per heavy atom. The molecule has 5 aliphatic rings. The number of hydrogen-bond donors (Lipinski definition) is 0. The SMILES string of the molecule is O=C(Cl)N1CCOCC1.O=C(N1CCOCC1)N1CCN(c2ccc(OC3CCN(C4CCC4)CC3)cc2)CC1. The Morgan fingerprint density at radius 1 is 0.700 bits per heavy atom. The molecule has 1 aliphatic carbocycles. The Balaban J connectivity index is 0.000000306. The summed E-state index contributed by atoms with van der Waals surface area (Å²) in [6, 6.07) is 9.56. The smallest absolute Gasteiger partial charge is 0.320 e. The molecule has 6 rings (SSSR count). The van der Waals surface area contributed by atoms with Crippen molar-refractivity contribution in [3.8, 4) is 5.75 Å². The standard InChI is InChI=1S/C24H36N4O3.C5H8ClNO2/c29-24(28-16-18-30-19-17-28)27-14-12-26(13-15-27)21-4-6-22(7-5-21)31-23-8-10-25(11-9-23)20-2-1-3-20;6-5(8)7-1-3-9-4-2-7/h4-7,20,23H,1-3,8-19H2;1-4H2. The Morgan fingerprint density at radius 3 is 1.75 bits per heavy atom. The van der Waals surface area contributed by atoms with E-state index in [1.807, 2.05) is 9.80 Å². The molecule has 1 aromatic carbocycles. The molecule has 0 atom stereocenters. The van der Waals surface area contributed by atoms with Crippen molar-refractivity contribution in [2.45, 2.75) is 44.2 Å². The van der Waals surface area contributed by atoms with Crippen LogP contribution in [0.1, 0.15) is 32.1 Å². The summed E-state index contributed by atoms with van der Waals surface area (Å²) in [7, 11) is 0. The van der Waals surface area contributed by atoms with Crippen molar-refractivity contribution in [3.05, 3.63) is 24.3 Å². The number of carbonyl (C=O) groups is 2. The van der Waals surface area contributed by atoms with Crippen LogP contribution < -0.4 is 9.64 Å². The number of hydrogen-bond acceptors (Lipinski definition) is 7. The average molecular weight is 578 g/mol. The van der Waals surface area contributed by atoms with E-state index in [9.17, 15) is 9.59 Å². The molecule has 4 saturated heterocycles. The highest BCUT2D eigenvalue weighted by Crippen LogP contribution is 2.29. The number of piperidine rings is 1. The highest BCUT2D eigenvalue weighted by Gasteiger charge is 2.30. The maximum atomic E-state index is 12.7. The number of amides is 3. The normalized spacial score (nSPS) is 23.2. The van der Waals surface area contributed by atoms with E-state index < -0.39 is 0 Å². The van der Waals surface area contributed by atoms with Crippen molar-refractivity contribution in [1.82, 2.24) is 19.6 Å². The lowest BCUT2D eigenvalue weighted by atomic mass is 9.90. The number of urea groups is 1. The summed E-state index contributed by atoms with van der Waals surface area (Å²) >= 11 is 5.19. The van der Waals surface area contributed by atoms with Gasteiger partial charge in [-0.05, 0) is 61.5 Å². The minimum absolute atomic E-state index is 0.162. The lowest BCUT2D eigenvalue weighted by Crippen LogP contribution is -2.54. The number of nitrogens with zero attached hydrogens (tertiary/aromatic N) is 5. The molecule has 3 amide bonds. The zero-order valence-electron chi connectivity index (χ0n) is 23.6. The summed E-state index contributed by atoms with van der Waals surface area (Å²) < 4.78 is 16.6. The van der Waals surface area contributed by atoms with Crippen LogP contribution in [0.3, 0.4) is 0 Å². The topological polar surface area (TPSA) is 78.0 Å². The van der Waals surface area contributed by atoms with Gasteiger partial charge in [0, 0.05) is 77.2 Å². The first-order valence-electron chi connectivity index (χ1n) is 15.0. The van der Waals surface area contributed by atoms with Crippen molar-refractivity contribution in [2.24, 2.45) is 0 Å². The number of rotatable bonds is 4. The third-order valence-corrected chi connectivity index (χ3v) is 8.90. The van der Waals surface area contributed by atoms with Crippen LogP contribution in [0.2, 0.25) is 0 Å². The fraction of sp³-hybridized carbons (Fsp3) is 0.724. The highest BCUT2D eigenvalue weighted by atomic mass is 35.5. The zero-order chi connectivity index (χ0) is 27.7. The fourth-order valence-corrected chi connectivity index (χ4v) is 6.06. The third kappa shape index (κ3) is 7.93. The molecular formula is C29H44ClN5O5. The second-order valence-electron chi connectivity index (χ2n) is 11.1. The van der Waals surface area contributed by atoms with Crippen LogP contribution in [0, 0.1) is 0 Å². The van der Waals surface area contributed by atoms with Gasteiger partial charge in [-0.3, -0.25) is 4.79 Å². The quantitative estimate of drug-likeness (QED) is 0.401. The molecule has 0 spiro atoms. The number of ether oxygens (including phenoxy) is 3. The predicted molar refractivity (Wildman–Crippen MR) is 155 cm³/mol. The molecule has 1 aromatic rings. The summed E-state index contributed by atoms with van der Waals surface area (Å²) in [5.41, 5.74) is 1.21. The van der Waals surface area contributed by atoms with Crippen molar-refractivity contribution < 1.29 is 23.8 Å². The number of benzene rings is 1. The third-order valence-electron chi connectivity index (χ3n) is 8.66. The van der Waals surface area contributed by atoms with E-state index in [-0.39, 0.29) is 11.4 Å². The summed E-state index contributed by atoms with van der Waals surface area (Å²) in [4.78, 5) is 33.6. The van der Waals surface area contributed by atoms with E-state index in [0.717, 1.165) is 50.8 Å². The van der Waals surface area contributed by atoms with Gasteiger partial charge in [-0.2, -0.15) is 0 Å². The Kier molecular flexibility index (Phi) is 10.6. The van der Waals surface area contributed by atoms with Gasteiger partial charge in [0.2, 0.25) is 0 Å². The Hall–Kier alpha value is -2.27. The molecule has 0 radical (unpaired) electrons. The number of anilines is 1. The number of halogens is 1. The van der Waals surface area contributed by atoms with Crippen molar-refractivity contribution in [3.63, 3.8) is 0 Å². The minimum atomic E-state index is -0.377. The molecule has 222 valence electrons. The van der Waals surface area contributed by atoms with E-state index in [4.69, 9.17) is 25.8 Å². The van der Waals surface area contributed by atoms with Crippen molar-refractivity contribution >= 4 is 28.7 Å². The molecule has 0 unspecified atom stereocenters. The second-order valence-corrected chi connectivity index (χ2v) is 11.5. The second kappa shape index (κ2) is 14.6. The number of carbonyl (C=O) groups excluding carboxylic acids is 2. The van der Waals surface area contributed by atoms with Crippen LogP contribution in [0.25, 0.3) is 0 Å². The van der Waals surface area contributed by atoms with Gasteiger partial charge in [0.1, 0.15) is 11.9 Å². The number of morpholine rings is 2. The molecule has 4 heterocycles. The first-order valence-corrected chi connectivity index (χ1v) is 15.3. The molecule has 1 saturated carbocycles. The zero-order valence-corrected chi connectivity index (χ0v) is 24.3. The average Bonchev–Trinajstić information content (AvgIpc) is 2.99. The summed E-state index contributed by atoms with van der Waals surface area (Å²) in [5, 5.41) is -0.377. The van der Waals surface area contributed by atoms with Gasteiger partial charge in [0.05, 0.1) is 26.4 Å². The van der Waals surface area contributed by atoms with Crippen LogP contribution in [0.4, 0.5) is 15.3 Å². The molecule has 11 heteroatoms. The largest absolute Gasteiger partial charge is 0.490 e. The van der Waals surface area contributed by atoms with E-state index >= 15 is 0 Å². The predicted octanol–water partition coefficient (Wildman–Crippen LogP) is 3.33. The molecule has 40 heavy (non-hydrogen) atoms. The molecule has 5 fully saturated rings. The van der Waals surface area contributed by atoms with Gasteiger partial charge < -0.3 is 38.7 Å². The molecule has 0 aromatic heterocycles. The maximum absolute atomic E-state index is 12.7. The van der Waals surface area contributed by atoms with Gasteiger partial charge in [-0.25, -0.2) is 4.79 Å². The summed E-state index contributed by atoms with van der Waals surface area (Å²) in [6.07, 6.45) is 6.81. The van der Waals surface area contributed by atoms with Crippen molar-refractivity contribution in [2.75, 3.05) is 96.8 Å². The molecule has 0 N–H and O–H groups in total. The summed E-state index contributed by atoms with van der Waals surface area (Å²) in [5.74, 6) is 0.979. The van der Waals surface area contributed by atoms with Gasteiger partial charge in [0.25, 0.3) is 0 Å². The molecule has 0 bridgehead atoms. The van der Waals surface area contributed by atoms with Gasteiger partial charge in [-0.1, -0.05) is 6.42 Å². The fourth-order valence-electron chi connectivity index (χ4n) is 5.89.